The van der Waals surface area contributed by atoms with E-state index in [0.717, 1.165) is 63.7 Å². The Morgan fingerprint density at radius 2 is 0.623 bits per heavy atom. The standard InChI is InChI=1S/C47H90O6/c1-5-7-9-11-13-15-17-18-19-20-21-23-27-32-36-40-47(50)53-44(41-51-45(48)38-34-30-26-22-16-14-12-10-8-6-2)42-52-46(49)39-35-31-28-24-25-29-33-37-43(3)4/h43-44H,5-42H2,1-4H3/t44-/m0/s1. The highest BCUT2D eigenvalue weighted by Gasteiger charge is 2.19. The topological polar surface area (TPSA) is 78.9 Å². The molecule has 0 heterocycles. The van der Waals surface area contributed by atoms with Gasteiger partial charge in [0.25, 0.3) is 0 Å². The van der Waals surface area contributed by atoms with Crippen LogP contribution in [0.15, 0.2) is 0 Å². The zero-order chi connectivity index (χ0) is 38.9. The molecule has 0 fully saturated rings. The Kier molecular flexibility index (Phi) is 40.3. The van der Waals surface area contributed by atoms with E-state index in [-0.39, 0.29) is 31.1 Å². The van der Waals surface area contributed by atoms with E-state index >= 15 is 0 Å². The van der Waals surface area contributed by atoms with Gasteiger partial charge in [-0.3, -0.25) is 14.4 Å². The summed E-state index contributed by atoms with van der Waals surface area (Å²) in [7, 11) is 0. The van der Waals surface area contributed by atoms with E-state index in [0.29, 0.717) is 19.3 Å². The van der Waals surface area contributed by atoms with Crippen molar-refractivity contribution in [3.63, 3.8) is 0 Å². The zero-order valence-electron chi connectivity index (χ0n) is 36.0. The third-order valence-corrected chi connectivity index (χ3v) is 10.5. The van der Waals surface area contributed by atoms with Crippen molar-refractivity contribution in [1.29, 1.82) is 0 Å². The summed E-state index contributed by atoms with van der Waals surface area (Å²) in [6.45, 7) is 8.94. The van der Waals surface area contributed by atoms with Crippen molar-refractivity contribution in [2.24, 2.45) is 5.92 Å². The minimum atomic E-state index is -0.759. The molecule has 0 saturated heterocycles. The smallest absolute Gasteiger partial charge is 0.306 e. The summed E-state index contributed by atoms with van der Waals surface area (Å²) in [6.07, 6.45) is 40.9. The average molecular weight is 751 g/mol. The molecule has 0 saturated carbocycles. The van der Waals surface area contributed by atoms with Gasteiger partial charge in [-0.25, -0.2) is 0 Å². The molecule has 0 aromatic rings. The van der Waals surface area contributed by atoms with Crippen LogP contribution in [-0.2, 0) is 28.6 Å². The van der Waals surface area contributed by atoms with E-state index in [4.69, 9.17) is 14.2 Å². The van der Waals surface area contributed by atoms with Gasteiger partial charge in [-0.1, -0.05) is 220 Å². The van der Waals surface area contributed by atoms with Crippen molar-refractivity contribution < 1.29 is 28.6 Å². The summed E-state index contributed by atoms with van der Waals surface area (Å²) in [5.41, 5.74) is 0. The van der Waals surface area contributed by atoms with Crippen molar-refractivity contribution in [3.8, 4) is 0 Å². The first-order valence-corrected chi connectivity index (χ1v) is 23.4. The molecule has 0 bridgehead atoms. The average Bonchev–Trinajstić information content (AvgIpc) is 3.14. The van der Waals surface area contributed by atoms with E-state index in [9.17, 15) is 14.4 Å². The van der Waals surface area contributed by atoms with Crippen LogP contribution in [0.25, 0.3) is 0 Å². The second-order valence-corrected chi connectivity index (χ2v) is 16.5. The molecule has 314 valence electrons. The number of carbonyl (C=O) groups is 3. The summed E-state index contributed by atoms with van der Waals surface area (Å²) in [5, 5.41) is 0. The first-order chi connectivity index (χ1) is 25.9. The Hall–Kier alpha value is -1.59. The molecule has 0 radical (unpaired) electrons. The van der Waals surface area contributed by atoms with Gasteiger partial charge < -0.3 is 14.2 Å². The van der Waals surface area contributed by atoms with Crippen LogP contribution in [0.4, 0.5) is 0 Å². The molecule has 0 aromatic carbocycles. The predicted molar refractivity (Wildman–Crippen MR) is 224 cm³/mol. The maximum atomic E-state index is 12.7. The summed E-state index contributed by atoms with van der Waals surface area (Å²) >= 11 is 0. The third kappa shape index (κ3) is 41.4. The molecule has 0 aromatic heterocycles. The Bertz CT molecular complexity index is 796. The van der Waals surface area contributed by atoms with Gasteiger partial charge in [0, 0.05) is 19.3 Å². The monoisotopic (exact) mass is 751 g/mol. The molecule has 1 atom stereocenters. The van der Waals surface area contributed by atoms with Crippen LogP contribution in [-0.4, -0.2) is 37.2 Å². The summed E-state index contributed by atoms with van der Waals surface area (Å²) in [5.74, 6) is -0.0742. The molecule has 6 heteroatoms. The molecule has 53 heavy (non-hydrogen) atoms. The molecule has 0 amide bonds. The first kappa shape index (κ1) is 51.4. The number of hydrogen-bond donors (Lipinski definition) is 0. The van der Waals surface area contributed by atoms with Gasteiger partial charge in [0.05, 0.1) is 0 Å². The SMILES string of the molecule is CCCCCCCCCCCCCCCCCC(=O)O[C@@H](COC(=O)CCCCCCCCCCCC)COC(=O)CCCCCCCCCC(C)C. The largest absolute Gasteiger partial charge is 0.462 e. The van der Waals surface area contributed by atoms with Crippen LogP contribution in [0.3, 0.4) is 0 Å². The Morgan fingerprint density at radius 1 is 0.358 bits per heavy atom. The molecule has 0 N–H and O–H groups in total. The molecule has 0 aliphatic carbocycles. The molecule has 0 rings (SSSR count). The van der Waals surface area contributed by atoms with Crippen molar-refractivity contribution >= 4 is 17.9 Å². The predicted octanol–water partition coefficient (Wildman–Crippen LogP) is 14.7. The van der Waals surface area contributed by atoms with Gasteiger partial charge in [-0.15, -0.1) is 0 Å². The van der Waals surface area contributed by atoms with Gasteiger partial charge in [-0.05, 0) is 25.2 Å². The van der Waals surface area contributed by atoms with Crippen LogP contribution < -0.4 is 0 Å². The molecule has 6 nitrogen and oxygen atoms in total. The fourth-order valence-corrected chi connectivity index (χ4v) is 6.98. The number of ether oxygens (including phenoxy) is 3. The Labute approximate surface area is 329 Å². The van der Waals surface area contributed by atoms with E-state index in [2.05, 4.69) is 27.7 Å². The van der Waals surface area contributed by atoms with Crippen LogP contribution in [0.5, 0.6) is 0 Å². The Balaban J connectivity index is 4.30. The maximum Gasteiger partial charge on any atom is 0.306 e. The van der Waals surface area contributed by atoms with E-state index in [1.807, 2.05) is 0 Å². The molecule has 0 spiro atoms. The molecule has 0 unspecified atom stereocenters. The van der Waals surface area contributed by atoms with Gasteiger partial charge >= 0.3 is 17.9 Å². The van der Waals surface area contributed by atoms with Gasteiger partial charge in [0.15, 0.2) is 6.10 Å². The zero-order valence-corrected chi connectivity index (χ0v) is 36.0. The van der Waals surface area contributed by atoms with Crippen molar-refractivity contribution in [1.82, 2.24) is 0 Å². The number of hydrogen-bond acceptors (Lipinski definition) is 6. The van der Waals surface area contributed by atoms with Gasteiger partial charge in [0.1, 0.15) is 13.2 Å². The highest BCUT2D eigenvalue weighted by atomic mass is 16.6. The first-order valence-electron chi connectivity index (χ1n) is 23.4. The highest BCUT2D eigenvalue weighted by Crippen LogP contribution is 2.16. The van der Waals surface area contributed by atoms with Gasteiger partial charge in [-0.2, -0.15) is 0 Å². The number of esters is 3. The summed E-state index contributed by atoms with van der Waals surface area (Å²) < 4.78 is 16.7. The second kappa shape index (κ2) is 41.6. The van der Waals surface area contributed by atoms with E-state index in [1.54, 1.807) is 0 Å². The minimum Gasteiger partial charge on any atom is -0.462 e. The highest BCUT2D eigenvalue weighted by molar-refractivity contribution is 5.71. The van der Waals surface area contributed by atoms with E-state index < -0.39 is 6.10 Å². The summed E-state index contributed by atoms with van der Waals surface area (Å²) in [6, 6.07) is 0. The molecule has 0 aliphatic heterocycles. The van der Waals surface area contributed by atoms with Gasteiger partial charge in [0.2, 0.25) is 0 Å². The second-order valence-electron chi connectivity index (χ2n) is 16.5. The lowest BCUT2D eigenvalue weighted by Crippen LogP contribution is -2.30. The fraction of sp³-hybridized carbons (Fsp3) is 0.936. The lowest BCUT2D eigenvalue weighted by atomic mass is 10.0. The fourth-order valence-electron chi connectivity index (χ4n) is 6.98. The normalized spacial score (nSPS) is 11.9. The third-order valence-electron chi connectivity index (χ3n) is 10.5. The quantitative estimate of drug-likeness (QED) is 0.0351. The minimum absolute atomic E-state index is 0.0642. The van der Waals surface area contributed by atoms with Crippen LogP contribution in [0, 0.1) is 5.92 Å². The molecular formula is C47H90O6. The molecule has 0 aliphatic rings. The Morgan fingerprint density at radius 3 is 0.925 bits per heavy atom. The van der Waals surface area contributed by atoms with Crippen LogP contribution >= 0.6 is 0 Å². The van der Waals surface area contributed by atoms with Crippen molar-refractivity contribution in [3.05, 3.63) is 0 Å². The summed E-state index contributed by atoms with van der Waals surface area (Å²) in [4.78, 5) is 37.7. The van der Waals surface area contributed by atoms with Crippen molar-refractivity contribution in [2.75, 3.05) is 13.2 Å². The maximum absolute atomic E-state index is 12.7. The number of unbranched alkanes of at least 4 members (excludes halogenated alkanes) is 29. The lowest BCUT2D eigenvalue weighted by molar-refractivity contribution is -0.167. The van der Waals surface area contributed by atoms with Crippen molar-refractivity contribution in [2.45, 2.75) is 265 Å². The van der Waals surface area contributed by atoms with Crippen LogP contribution in [0.1, 0.15) is 259 Å². The number of rotatable bonds is 42. The number of carbonyl (C=O) groups excluding carboxylic acids is 3. The molecular weight excluding hydrogens is 661 g/mol. The van der Waals surface area contributed by atoms with Crippen LogP contribution in [0.2, 0.25) is 0 Å². The van der Waals surface area contributed by atoms with E-state index in [1.165, 1.54) is 154 Å². The lowest BCUT2D eigenvalue weighted by Gasteiger charge is -2.18.